The zero-order valence-corrected chi connectivity index (χ0v) is 17.0. The number of alkyl halides is 3. The Balaban J connectivity index is 1.41. The molecule has 0 N–H and O–H groups in total. The van der Waals surface area contributed by atoms with E-state index in [0.29, 0.717) is 43.6 Å². The number of piperazine rings is 1. The number of amides is 1. The van der Waals surface area contributed by atoms with Crippen molar-refractivity contribution in [1.82, 2.24) is 30.0 Å². The van der Waals surface area contributed by atoms with Gasteiger partial charge in [0.15, 0.2) is 5.82 Å². The van der Waals surface area contributed by atoms with Crippen LogP contribution in [0.3, 0.4) is 0 Å². The minimum Gasteiger partial charge on any atom is -0.336 e. The van der Waals surface area contributed by atoms with Gasteiger partial charge in [-0.3, -0.25) is 9.69 Å². The van der Waals surface area contributed by atoms with Gasteiger partial charge < -0.3 is 4.90 Å². The van der Waals surface area contributed by atoms with E-state index in [1.165, 1.54) is 23.1 Å². The van der Waals surface area contributed by atoms with Crippen LogP contribution in [0.4, 0.5) is 13.2 Å². The van der Waals surface area contributed by atoms with Crippen molar-refractivity contribution in [2.24, 2.45) is 0 Å². The molecule has 1 fully saturated rings. The first kappa shape index (κ1) is 21.3. The molecule has 7 nitrogen and oxygen atoms in total. The first-order valence-corrected chi connectivity index (χ1v) is 9.92. The van der Waals surface area contributed by atoms with Crippen LogP contribution in [0.25, 0.3) is 5.69 Å². The molecule has 0 unspecified atom stereocenters. The quantitative estimate of drug-likeness (QED) is 0.610. The van der Waals surface area contributed by atoms with Gasteiger partial charge >= 0.3 is 6.18 Å². The molecule has 0 spiro atoms. The number of carbonyl (C=O) groups excluding carboxylic acids is 1. The summed E-state index contributed by atoms with van der Waals surface area (Å²) in [6, 6.07) is 12.0. The Labute approximate surface area is 181 Å². The van der Waals surface area contributed by atoms with Crippen LogP contribution < -0.4 is 0 Å². The van der Waals surface area contributed by atoms with Gasteiger partial charge in [-0.15, -0.1) is 5.10 Å². The summed E-state index contributed by atoms with van der Waals surface area (Å²) in [5.74, 6) is 0.00286. The minimum atomic E-state index is -4.58. The zero-order valence-electron chi connectivity index (χ0n) is 16.3. The zero-order chi connectivity index (χ0) is 22.0. The molecule has 0 bridgehead atoms. The van der Waals surface area contributed by atoms with Gasteiger partial charge in [-0.1, -0.05) is 23.7 Å². The predicted molar refractivity (Wildman–Crippen MR) is 107 cm³/mol. The Bertz CT molecular complexity index is 1060. The number of halogens is 4. The molecule has 1 amide bonds. The monoisotopic (exact) mass is 450 g/mol. The number of tetrazole rings is 1. The highest BCUT2D eigenvalue weighted by molar-refractivity contribution is 6.30. The first-order chi connectivity index (χ1) is 14.8. The summed E-state index contributed by atoms with van der Waals surface area (Å²) in [6.07, 6.45) is -4.58. The number of carbonyl (C=O) groups is 1. The lowest BCUT2D eigenvalue weighted by Gasteiger charge is -2.34. The fraction of sp³-hybridized carbons (Fsp3) is 0.300. The summed E-state index contributed by atoms with van der Waals surface area (Å²) in [4.78, 5) is 16.2. The molecule has 162 valence electrons. The van der Waals surface area contributed by atoms with Crippen molar-refractivity contribution in [3.8, 4) is 5.69 Å². The topological polar surface area (TPSA) is 67.2 Å². The summed E-state index contributed by atoms with van der Waals surface area (Å²) in [6.45, 7) is 2.05. The number of hydrogen-bond acceptors (Lipinski definition) is 5. The van der Waals surface area contributed by atoms with Gasteiger partial charge in [0.25, 0.3) is 5.91 Å². The molecule has 4 rings (SSSR count). The van der Waals surface area contributed by atoms with Gasteiger partial charge in [-0.25, -0.2) is 0 Å². The third kappa shape index (κ3) is 4.70. The van der Waals surface area contributed by atoms with Crippen molar-refractivity contribution >= 4 is 17.5 Å². The molecule has 2 aromatic carbocycles. The molecule has 1 aliphatic heterocycles. The summed E-state index contributed by atoms with van der Waals surface area (Å²) in [5.41, 5.74) is -0.471. The Morgan fingerprint density at radius 1 is 1.00 bits per heavy atom. The minimum absolute atomic E-state index is 0.313. The molecule has 0 aliphatic carbocycles. The second-order valence-electron chi connectivity index (χ2n) is 7.10. The van der Waals surface area contributed by atoms with Crippen LogP contribution >= 0.6 is 11.6 Å². The Hall–Kier alpha value is -2.98. The van der Waals surface area contributed by atoms with Crippen LogP contribution in [0, 0.1) is 0 Å². The van der Waals surface area contributed by atoms with Gasteiger partial charge in [0.2, 0.25) is 0 Å². The van der Waals surface area contributed by atoms with Crippen molar-refractivity contribution in [2.75, 3.05) is 26.2 Å². The smallest absolute Gasteiger partial charge is 0.336 e. The van der Waals surface area contributed by atoms with Crippen molar-refractivity contribution in [1.29, 1.82) is 0 Å². The normalized spacial score (nSPS) is 15.3. The van der Waals surface area contributed by atoms with Crippen LogP contribution in [0.15, 0.2) is 48.5 Å². The molecule has 1 aliphatic rings. The lowest BCUT2D eigenvalue weighted by molar-refractivity contribution is -0.138. The molecule has 1 saturated heterocycles. The van der Waals surface area contributed by atoms with Gasteiger partial charge in [0.05, 0.1) is 23.4 Å². The standard InChI is InChI=1S/C20H18ClF3N6O/c21-14-5-7-15(8-6-14)30-18(25-26-27-30)13-28-9-11-29(12-10-28)19(31)16-3-1-2-4-17(16)20(22,23)24/h1-8H,9-13H2. The third-order valence-electron chi connectivity index (χ3n) is 5.09. The van der Waals surface area contributed by atoms with Crippen LogP contribution in [0.5, 0.6) is 0 Å². The van der Waals surface area contributed by atoms with E-state index in [2.05, 4.69) is 20.4 Å². The lowest BCUT2D eigenvalue weighted by atomic mass is 10.1. The van der Waals surface area contributed by atoms with E-state index < -0.39 is 17.6 Å². The van der Waals surface area contributed by atoms with Gasteiger partial charge in [-0.05, 0) is 46.8 Å². The van der Waals surface area contributed by atoms with Crippen molar-refractivity contribution in [3.63, 3.8) is 0 Å². The lowest BCUT2D eigenvalue weighted by Crippen LogP contribution is -2.48. The number of hydrogen-bond donors (Lipinski definition) is 0. The van der Waals surface area contributed by atoms with Crippen molar-refractivity contribution in [2.45, 2.75) is 12.7 Å². The maximum atomic E-state index is 13.2. The highest BCUT2D eigenvalue weighted by atomic mass is 35.5. The number of nitrogens with zero attached hydrogens (tertiary/aromatic N) is 6. The van der Waals surface area contributed by atoms with Crippen molar-refractivity contribution in [3.05, 3.63) is 70.5 Å². The number of rotatable bonds is 4. The molecule has 0 atom stereocenters. The molecule has 1 aromatic heterocycles. The maximum Gasteiger partial charge on any atom is 0.417 e. The van der Waals surface area contributed by atoms with E-state index in [-0.39, 0.29) is 5.56 Å². The van der Waals surface area contributed by atoms with E-state index in [4.69, 9.17) is 11.6 Å². The molecule has 2 heterocycles. The summed E-state index contributed by atoms with van der Waals surface area (Å²) < 4.78 is 41.3. The van der Waals surface area contributed by atoms with Crippen molar-refractivity contribution < 1.29 is 18.0 Å². The fourth-order valence-corrected chi connectivity index (χ4v) is 3.61. The van der Waals surface area contributed by atoms with Crippen LogP contribution in [-0.4, -0.2) is 62.1 Å². The van der Waals surface area contributed by atoms with Crippen LogP contribution in [-0.2, 0) is 12.7 Å². The SMILES string of the molecule is O=C(c1ccccc1C(F)(F)F)N1CCN(Cc2nnnn2-c2ccc(Cl)cc2)CC1. The van der Waals surface area contributed by atoms with Crippen LogP contribution in [0.2, 0.25) is 5.02 Å². The first-order valence-electron chi connectivity index (χ1n) is 9.54. The van der Waals surface area contributed by atoms with E-state index in [9.17, 15) is 18.0 Å². The summed E-state index contributed by atoms with van der Waals surface area (Å²) >= 11 is 5.92. The van der Waals surface area contributed by atoms with E-state index in [1.807, 2.05) is 0 Å². The average molecular weight is 451 g/mol. The highest BCUT2D eigenvalue weighted by Crippen LogP contribution is 2.32. The molecular formula is C20H18ClF3N6O. The molecule has 31 heavy (non-hydrogen) atoms. The maximum absolute atomic E-state index is 13.2. The van der Waals surface area contributed by atoms with Gasteiger partial charge in [0.1, 0.15) is 0 Å². The van der Waals surface area contributed by atoms with Gasteiger partial charge in [0, 0.05) is 31.2 Å². The predicted octanol–water partition coefficient (Wildman–Crippen LogP) is 3.29. The van der Waals surface area contributed by atoms with E-state index in [0.717, 1.165) is 11.8 Å². The average Bonchev–Trinajstić information content (AvgIpc) is 3.22. The largest absolute Gasteiger partial charge is 0.417 e. The Kier molecular flexibility index (Phi) is 5.92. The molecule has 0 saturated carbocycles. The Morgan fingerprint density at radius 2 is 1.68 bits per heavy atom. The molecule has 3 aromatic rings. The summed E-state index contributed by atoms with van der Waals surface area (Å²) in [5, 5.41) is 12.4. The molecule has 11 heteroatoms. The highest BCUT2D eigenvalue weighted by Gasteiger charge is 2.36. The summed E-state index contributed by atoms with van der Waals surface area (Å²) in [7, 11) is 0. The van der Waals surface area contributed by atoms with Crippen LogP contribution in [0.1, 0.15) is 21.7 Å². The third-order valence-corrected chi connectivity index (χ3v) is 5.34. The number of benzene rings is 2. The van der Waals surface area contributed by atoms with E-state index in [1.54, 1.807) is 28.9 Å². The van der Waals surface area contributed by atoms with E-state index >= 15 is 0 Å². The molecule has 0 radical (unpaired) electrons. The second-order valence-corrected chi connectivity index (χ2v) is 7.53. The molecular weight excluding hydrogens is 433 g/mol. The van der Waals surface area contributed by atoms with Gasteiger partial charge in [-0.2, -0.15) is 17.9 Å². The second kappa shape index (κ2) is 8.64. The fourth-order valence-electron chi connectivity index (χ4n) is 3.48. The Morgan fingerprint density at radius 3 is 2.35 bits per heavy atom. The number of aromatic nitrogens is 4.